The Hall–Kier alpha value is -1.65. The van der Waals surface area contributed by atoms with Gasteiger partial charge in [0, 0.05) is 11.6 Å². The van der Waals surface area contributed by atoms with E-state index in [-0.39, 0.29) is 18.4 Å². The molecule has 1 aromatic carbocycles. The van der Waals surface area contributed by atoms with Gasteiger partial charge in [0.05, 0.1) is 17.7 Å². The number of nitrogens with zero attached hydrogens (tertiary/aromatic N) is 1. The molecule has 0 aromatic heterocycles. The Morgan fingerprint density at radius 2 is 1.84 bits per heavy atom. The molecule has 3 rings (SSSR count). The fourth-order valence-corrected chi connectivity index (χ4v) is 2.71. The number of benzene rings is 1. The summed E-state index contributed by atoms with van der Waals surface area (Å²) in [6.07, 6.45) is 0.877. The van der Waals surface area contributed by atoms with Crippen LogP contribution in [0.1, 0.15) is 27.1 Å². The van der Waals surface area contributed by atoms with E-state index in [4.69, 9.17) is 11.6 Å². The molecule has 19 heavy (non-hydrogen) atoms. The van der Waals surface area contributed by atoms with Crippen LogP contribution in [0.15, 0.2) is 34.9 Å². The van der Waals surface area contributed by atoms with Crippen molar-refractivity contribution in [1.29, 1.82) is 0 Å². The van der Waals surface area contributed by atoms with E-state index in [0.29, 0.717) is 16.2 Å². The predicted octanol–water partition coefficient (Wildman–Crippen LogP) is 1.77. The number of halogens is 1. The van der Waals surface area contributed by atoms with Crippen molar-refractivity contribution in [2.24, 2.45) is 0 Å². The van der Waals surface area contributed by atoms with Crippen molar-refractivity contribution in [2.75, 3.05) is 19.6 Å². The van der Waals surface area contributed by atoms with Gasteiger partial charge >= 0.3 is 0 Å². The highest BCUT2D eigenvalue weighted by molar-refractivity contribution is 6.31. The fourth-order valence-electron chi connectivity index (χ4n) is 2.43. The Kier molecular flexibility index (Phi) is 3.12. The number of carbonyl (C=O) groups excluding carboxylic acids is 2. The third kappa shape index (κ3) is 2.07. The van der Waals surface area contributed by atoms with Crippen molar-refractivity contribution in [1.82, 2.24) is 10.2 Å². The van der Waals surface area contributed by atoms with E-state index in [0.717, 1.165) is 25.1 Å². The van der Waals surface area contributed by atoms with Crippen LogP contribution in [-0.2, 0) is 0 Å². The molecule has 5 heteroatoms. The molecule has 1 N–H and O–H groups in total. The zero-order chi connectivity index (χ0) is 13.4. The molecule has 4 nitrogen and oxygen atoms in total. The van der Waals surface area contributed by atoms with Crippen LogP contribution in [0.4, 0.5) is 0 Å². The summed E-state index contributed by atoms with van der Waals surface area (Å²) >= 11 is 6.23. The maximum Gasteiger partial charge on any atom is 0.261 e. The van der Waals surface area contributed by atoms with Crippen molar-refractivity contribution in [3.05, 3.63) is 46.0 Å². The molecule has 1 saturated heterocycles. The summed E-state index contributed by atoms with van der Waals surface area (Å²) in [5.74, 6) is -0.518. The van der Waals surface area contributed by atoms with Gasteiger partial charge in [-0.15, -0.1) is 0 Å². The first-order valence-electron chi connectivity index (χ1n) is 6.21. The van der Waals surface area contributed by atoms with Crippen molar-refractivity contribution in [2.45, 2.75) is 6.42 Å². The minimum absolute atomic E-state index is 0.172. The van der Waals surface area contributed by atoms with Gasteiger partial charge in [-0.1, -0.05) is 23.7 Å². The summed E-state index contributed by atoms with van der Waals surface area (Å²) in [7, 11) is 0. The summed E-state index contributed by atoms with van der Waals surface area (Å²) in [6, 6.07) is 6.87. The monoisotopic (exact) mass is 276 g/mol. The van der Waals surface area contributed by atoms with Gasteiger partial charge in [0.1, 0.15) is 0 Å². The highest BCUT2D eigenvalue weighted by atomic mass is 35.5. The second-order valence-corrected chi connectivity index (χ2v) is 5.13. The number of fused-ring (bicyclic) bond motifs is 1. The molecule has 2 aliphatic heterocycles. The molecular weight excluding hydrogens is 264 g/mol. The van der Waals surface area contributed by atoms with Crippen molar-refractivity contribution < 1.29 is 9.59 Å². The largest absolute Gasteiger partial charge is 0.313 e. The van der Waals surface area contributed by atoms with Crippen LogP contribution < -0.4 is 5.32 Å². The third-order valence-electron chi connectivity index (χ3n) is 3.50. The van der Waals surface area contributed by atoms with Gasteiger partial charge in [-0.25, -0.2) is 0 Å². The molecule has 1 fully saturated rings. The zero-order valence-electron chi connectivity index (χ0n) is 10.3. The molecule has 0 radical (unpaired) electrons. The van der Waals surface area contributed by atoms with Crippen LogP contribution >= 0.6 is 11.6 Å². The number of hydrogen-bond acceptors (Lipinski definition) is 3. The fraction of sp³-hybridized carbons (Fsp3) is 0.286. The normalized spacial score (nSPS) is 21.0. The van der Waals surface area contributed by atoms with E-state index in [1.165, 1.54) is 4.90 Å². The lowest BCUT2D eigenvalue weighted by Crippen LogP contribution is -2.31. The highest BCUT2D eigenvalue weighted by Gasteiger charge is 2.35. The standard InChI is InChI=1S/C14H13ClN2O2/c15-12(9-5-6-16-7-9)8-17-13(18)10-3-1-2-4-11(10)14(17)19/h1-4,16H,5-8H2. The second kappa shape index (κ2) is 4.79. The van der Waals surface area contributed by atoms with Gasteiger partial charge in [0.25, 0.3) is 11.8 Å². The number of carbonyl (C=O) groups is 2. The molecule has 1 aromatic rings. The van der Waals surface area contributed by atoms with Crippen LogP contribution in [0.25, 0.3) is 0 Å². The molecule has 2 heterocycles. The molecule has 2 aliphatic rings. The van der Waals surface area contributed by atoms with Gasteiger partial charge in [0.15, 0.2) is 0 Å². The van der Waals surface area contributed by atoms with Crippen LogP contribution in [0.2, 0.25) is 0 Å². The average molecular weight is 277 g/mol. The van der Waals surface area contributed by atoms with E-state index in [2.05, 4.69) is 5.32 Å². The van der Waals surface area contributed by atoms with E-state index < -0.39 is 0 Å². The second-order valence-electron chi connectivity index (χ2n) is 4.68. The quantitative estimate of drug-likeness (QED) is 0.838. The molecule has 0 atom stereocenters. The summed E-state index contributed by atoms with van der Waals surface area (Å²) in [5.41, 5.74) is 2.01. The Balaban J connectivity index is 1.86. The molecule has 0 aliphatic carbocycles. The van der Waals surface area contributed by atoms with Gasteiger partial charge in [-0.05, 0) is 30.7 Å². The molecule has 0 spiro atoms. The first-order chi connectivity index (χ1) is 9.18. The van der Waals surface area contributed by atoms with E-state index in [9.17, 15) is 9.59 Å². The number of imide groups is 1. The van der Waals surface area contributed by atoms with Gasteiger partial charge in [0.2, 0.25) is 0 Å². The first kappa shape index (κ1) is 12.4. The van der Waals surface area contributed by atoms with Crippen LogP contribution in [0, 0.1) is 0 Å². The molecule has 98 valence electrons. The maximum absolute atomic E-state index is 12.2. The van der Waals surface area contributed by atoms with Gasteiger partial charge in [-0.3, -0.25) is 14.5 Å². The topological polar surface area (TPSA) is 49.4 Å². The van der Waals surface area contributed by atoms with E-state index in [1.54, 1.807) is 24.3 Å². The minimum Gasteiger partial charge on any atom is -0.313 e. The molecular formula is C14H13ClN2O2. The Morgan fingerprint density at radius 1 is 1.21 bits per heavy atom. The number of rotatable bonds is 2. The molecule has 0 unspecified atom stereocenters. The maximum atomic E-state index is 12.2. The zero-order valence-corrected chi connectivity index (χ0v) is 11.0. The molecule has 0 bridgehead atoms. The third-order valence-corrected chi connectivity index (χ3v) is 3.89. The van der Waals surface area contributed by atoms with Crippen molar-refractivity contribution >= 4 is 23.4 Å². The summed E-state index contributed by atoms with van der Waals surface area (Å²) in [4.78, 5) is 25.6. The number of amides is 2. The summed E-state index contributed by atoms with van der Waals surface area (Å²) in [5, 5.41) is 3.78. The predicted molar refractivity (Wildman–Crippen MR) is 72.2 cm³/mol. The Labute approximate surface area is 116 Å². The van der Waals surface area contributed by atoms with E-state index in [1.807, 2.05) is 0 Å². The first-order valence-corrected chi connectivity index (χ1v) is 6.58. The van der Waals surface area contributed by atoms with Crippen LogP contribution in [0.5, 0.6) is 0 Å². The molecule has 2 amide bonds. The molecule has 0 saturated carbocycles. The van der Waals surface area contributed by atoms with Gasteiger partial charge < -0.3 is 5.32 Å². The van der Waals surface area contributed by atoms with Crippen LogP contribution in [-0.4, -0.2) is 36.3 Å². The smallest absolute Gasteiger partial charge is 0.261 e. The van der Waals surface area contributed by atoms with E-state index >= 15 is 0 Å². The highest BCUT2D eigenvalue weighted by Crippen LogP contribution is 2.25. The van der Waals surface area contributed by atoms with Crippen LogP contribution in [0.3, 0.4) is 0 Å². The minimum atomic E-state index is -0.259. The Morgan fingerprint density at radius 3 is 2.37 bits per heavy atom. The van der Waals surface area contributed by atoms with Crippen molar-refractivity contribution in [3.63, 3.8) is 0 Å². The lowest BCUT2D eigenvalue weighted by molar-refractivity contribution is 0.0670. The summed E-state index contributed by atoms with van der Waals surface area (Å²) < 4.78 is 0. The lowest BCUT2D eigenvalue weighted by atomic mass is 10.1. The summed E-state index contributed by atoms with van der Waals surface area (Å²) in [6.45, 7) is 1.81. The van der Waals surface area contributed by atoms with Crippen molar-refractivity contribution in [3.8, 4) is 0 Å². The number of hydrogen-bond donors (Lipinski definition) is 1. The van der Waals surface area contributed by atoms with Gasteiger partial charge in [-0.2, -0.15) is 0 Å². The lowest BCUT2D eigenvalue weighted by Gasteiger charge is -2.14. The SMILES string of the molecule is O=C1c2ccccc2C(=O)N1CC(Cl)=C1CCNC1. The average Bonchev–Trinajstić information content (AvgIpc) is 3.03. The number of nitrogens with one attached hydrogen (secondary N) is 1. The Bertz CT molecular complexity index is 552.